The highest BCUT2D eigenvalue weighted by Crippen LogP contribution is 2.34. The number of anilines is 2. The first-order valence-electron chi connectivity index (χ1n) is 7.38. The van der Waals surface area contributed by atoms with Crippen LogP contribution in [0, 0.1) is 12.5 Å². The number of benzene rings is 1. The number of nitrogens with zero attached hydrogens (tertiary/aromatic N) is 2. The Kier molecular flexibility index (Phi) is 4.88. The average molecular weight is 375 g/mol. The molecule has 2 atom stereocenters. The second-order valence-electron chi connectivity index (χ2n) is 5.51. The van der Waals surface area contributed by atoms with Crippen molar-refractivity contribution in [3.8, 4) is 0 Å². The fourth-order valence-corrected chi connectivity index (χ4v) is 2.88. The van der Waals surface area contributed by atoms with Crippen molar-refractivity contribution in [3.63, 3.8) is 0 Å². The molecule has 2 N–H and O–H groups in total. The van der Waals surface area contributed by atoms with Crippen LogP contribution in [0.4, 0.5) is 11.5 Å². The molecule has 8 heteroatoms. The van der Waals surface area contributed by atoms with Gasteiger partial charge < -0.3 is 15.5 Å². The van der Waals surface area contributed by atoms with Crippen LogP contribution >= 0.6 is 23.2 Å². The number of amides is 2. The van der Waals surface area contributed by atoms with Gasteiger partial charge in [0.1, 0.15) is 11.7 Å². The minimum Gasteiger partial charge on any atom is -0.322 e. The Morgan fingerprint density at radius 2 is 1.92 bits per heavy atom. The summed E-state index contributed by atoms with van der Waals surface area (Å²) in [6.45, 7) is 6.91. The number of carbonyl (C=O) groups excluding carboxylic acids is 2. The van der Waals surface area contributed by atoms with Crippen LogP contribution in [0.15, 0.2) is 36.5 Å². The quantitative estimate of drug-likeness (QED) is 0.797. The maximum atomic E-state index is 12.4. The van der Waals surface area contributed by atoms with E-state index in [2.05, 4.69) is 20.5 Å². The van der Waals surface area contributed by atoms with Gasteiger partial charge in [-0.1, -0.05) is 29.3 Å². The number of aromatic nitrogens is 1. The van der Waals surface area contributed by atoms with E-state index in [1.54, 1.807) is 24.3 Å². The zero-order chi connectivity index (χ0) is 18.0. The number of nitrogens with one attached hydrogen (secondary N) is 2. The first kappa shape index (κ1) is 17.2. The zero-order valence-corrected chi connectivity index (χ0v) is 14.3. The number of hydrogen-bond donors (Lipinski definition) is 2. The van der Waals surface area contributed by atoms with Gasteiger partial charge >= 0.3 is 0 Å². The van der Waals surface area contributed by atoms with Crippen molar-refractivity contribution < 1.29 is 9.59 Å². The molecule has 1 aromatic carbocycles. The molecule has 1 heterocycles. The summed E-state index contributed by atoms with van der Waals surface area (Å²) in [6, 6.07) is 7.65. The molecule has 6 nitrogen and oxygen atoms in total. The molecule has 0 saturated heterocycles. The van der Waals surface area contributed by atoms with E-state index in [0.29, 0.717) is 17.9 Å². The minimum atomic E-state index is -0.464. The van der Waals surface area contributed by atoms with Crippen LogP contribution in [0.2, 0.25) is 10.0 Å². The normalized spacial score (nSPS) is 18.1. The number of halogens is 2. The second kappa shape index (κ2) is 7.09. The van der Waals surface area contributed by atoms with Crippen molar-refractivity contribution in [2.45, 2.75) is 12.5 Å². The van der Waals surface area contributed by atoms with E-state index < -0.39 is 5.91 Å². The van der Waals surface area contributed by atoms with Gasteiger partial charge in [-0.15, -0.1) is 0 Å². The third-order valence-corrected chi connectivity index (χ3v) is 4.35. The Labute approximate surface area is 154 Å². The van der Waals surface area contributed by atoms with Crippen LogP contribution in [0.1, 0.15) is 16.8 Å². The summed E-state index contributed by atoms with van der Waals surface area (Å²) in [7, 11) is 0. The van der Waals surface area contributed by atoms with Gasteiger partial charge in [-0.05, 0) is 18.2 Å². The van der Waals surface area contributed by atoms with Crippen molar-refractivity contribution >= 4 is 46.5 Å². The minimum absolute atomic E-state index is 0.172. The molecule has 0 bridgehead atoms. The maximum absolute atomic E-state index is 12.4. The van der Waals surface area contributed by atoms with Crippen molar-refractivity contribution in [2.24, 2.45) is 5.92 Å². The van der Waals surface area contributed by atoms with Gasteiger partial charge in [0.25, 0.3) is 5.91 Å². The molecule has 1 saturated carbocycles. The third-order valence-electron chi connectivity index (χ3n) is 3.72. The Balaban J connectivity index is 1.71. The first-order chi connectivity index (χ1) is 12.0. The standard InChI is InChI=1S/C17H12Cl2N4O2/c1-20-13-8-10(13)16(24)23-14-7-9(5-6-21-14)22-17(25)15-11(18)3-2-4-12(15)19/h2-7,10,13H,8H2,(H2,21,22,23,24,25)/t10-,13-/m0/s1. The largest absolute Gasteiger partial charge is 0.322 e. The summed E-state index contributed by atoms with van der Waals surface area (Å²) >= 11 is 12.0. The highest BCUT2D eigenvalue weighted by Gasteiger charge is 2.49. The van der Waals surface area contributed by atoms with Gasteiger partial charge in [0, 0.05) is 24.4 Å². The van der Waals surface area contributed by atoms with Gasteiger partial charge in [-0.2, -0.15) is 0 Å². The monoisotopic (exact) mass is 374 g/mol. The fourth-order valence-electron chi connectivity index (χ4n) is 2.31. The number of hydrogen-bond acceptors (Lipinski definition) is 3. The van der Waals surface area contributed by atoms with E-state index in [4.69, 9.17) is 29.8 Å². The lowest BCUT2D eigenvalue weighted by molar-refractivity contribution is -0.117. The molecule has 126 valence electrons. The molecular weight excluding hydrogens is 363 g/mol. The topological polar surface area (TPSA) is 75.5 Å². The molecule has 0 spiro atoms. The highest BCUT2D eigenvalue weighted by molar-refractivity contribution is 6.40. The summed E-state index contributed by atoms with van der Waals surface area (Å²) in [6.07, 6.45) is 2.02. The van der Waals surface area contributed by atoms with Crippen molar-refractivity contribution in [3.05, 3.63) is 63.6 Å². The number of pyridine rings is 1. The van der Waals surface area contributed by atoms with Crippen LogP contribution in [-0.4, -0.2) is 22.8 Å². The van der Waals surface area contributed by atoms with Crippen molar-refractivity contribution in [1.29, 1.82) is 0 Å². The zero-order valence-electron chi connectivity index (χ0n) is 12.8. The maximum Gasteiger partial charge on any atom is 0.258 e. The summed E-state index contributed by atoms with van der Waals surface area (Å²) in [5.74, 6) is -0.705. The smallest absolute Gasteiger partial charge is 0.258 e. The Bertz CT molecular complexity index is 874. The molecule has 1 fully saturated rings. The van der Waals surface area contributed by atoms with E-state index in [-0.39, 0.29) is 33.5 Å². The Hall–Kier alpha value is -2.62. The predicted molar refractivity (Wildman–Crippen MR) is 95.8 cm³/mol. The van der Waals surface area contributed by atoms with E-state index in [9.17, 15) is 9.59 Å². The summed E-state index contributed by atoms with van der Waals surface area (Å²) < 4.78 is 0. The average Bonchev–Trinajstić information content (AvgIpc) is 3.35. The summed E-state index contributed by atoms with van der Waals surface area (Å²) in [5, 5.41) is 5.80. The third kappa shape index (κ3) is 3.90. The lowest BCUT2D eigenvalue weighted by atomic mass is 10.2. The van der Waals surface area contributed by atoms with Crippen LogP contribution in [-0.2, 0) is 4.79 Å². The van der Waals surface area contributed by atoms with Gasteiger partial charge in [0.05, 0.1) is 15.6 Å². The van der Waals surface area contributed by atoms with E-state index in [1.165, 1.54) is 12.3 Å². The fraction of sp³-hybridized carbons (Fsp3) is 0.176. The lowest BCUT2D eigenvalue weighted by Gasteiger charge is -2.09. The lowest BCUT2D eigenvalue weighted by Crippen LogP contribution is -2.17. The molecule has 1 aliphatic carbocycles. The molecule has 0 radical (unpaired) electrons. The van der Waals surface area contributed by atoms with Crippen molar-refractivity contribution in [2.75, 3.05) is 10.6 Å². The summed E-state index contributed by atoms with van der Waals surface area (Å²) in [5.41, 5.74) is 0.606. The molecule has 0 unspecified atom stereocenters. The van der Waals surface area contributed by atoms with Crippen LogP contribution in [0.25, 0.3) is 4.85 Å². The molecule has 1 aromatic heterocycles. The van der Waals surface area contributed by atoms with Gasteiger partial charge in [-0.25, -0.2) is 11.6 Å². The molecule has 1 aliphatic rings. The molecule has 2 aromatic rings. The SMILES string of the molecule is [C-]#[N+][C@H]1C[C@@H]1C(=O)Nc1cc(NC(=O)c2c(Cl)cccc2Cl)ccn1. The Morgan fingerprint density at radius 3 is 2.56 bits per heavy atom. The van der Waals surface area contributed by atoms with E-state index in [1.807, 2.05) is 0 Å². The predicted octanol–water partition coefficient (Wildman–Crippen LogP) is 3.89. The van der Waals surface area contributed by atoms with Crippen LogP contribution < -0.4 is 10.6 Å². The van der Waals surface area contributed by atoms with E-state index >= 15 is 0 Å². The van der Waals surface area contributed by atoms with Crippen LogP contribution in [0.5, 0.6) is 0 Å². The molecule has 3 rings (SSSR count). The van der Waals surface area contributed by atoms with E-state index in [0.717, 1.165) is 0 Å². The van der Waals surface area contributed by atoms with Gasteiger partial charge in [-0.3, -0.25) is 9.59 Å². The molecule has 25 heavy (non-hydrogen) atoms. The Morgan fingerprint density at radius 1 is 1.20 bits per heavy atom. The molecular formula is C17H12Cl2N4O2. The first-order valence-corrected chi connectivity index (χ1v) is 8.14. The van der Waals surface area contributed by atoms with Gasteiger partial charge in [0.15, 0.2) is 0 Å². The van der Waals surface area contributed by atoms with Gasteiger partial charge in [0.2, 0.25) is 11.9 Å². The highest BCUT2D eigenvalue weighted by atomic mass is 35.5. The summed E-state index contributed by atoms with van der Waals surface area (Å²) in [4.78, 5) is 31.7. The second-order valence-corrected chi connectivity index (χ2v) is 6.32. The van der Waals surface area contributed by atoms with Crippen molar-refractivity contribution in [1.82, 2.24) is 4.98 Å². The molecule has 0 aliphatic heterocycles. The number of carbonyl (C=O) groups is 2. The number of rotatable bonds is 4. The molecule has 2 amide bonds. The van der Waals surface area contributed by atoms with Crippen LogP contribution in [0.3, 0.4) is 0 Å².